The van der Waals surface area contributed by atoms with Crippen LogP contribution in [0.5, 0.6) is 11.5 Å². The third-order valence-electron chi connectivity index (χ3n) is 5.21. The molecular weight excluding hydrogens is 392 g/mol. The molecule has 0 aromatic heterocycles. The summed E-state index contributed by atoms with van der Waals surface area (Å²) in [6, 6.07) is 9.36. The summed E-state index contributed by atoms with van der Waals surface area (Å²) >= 11 is 0. The van der Waals surface area contributed by atoms with Gasteiger partial charge in [0.2, 0.25) is 0 Å². The number of piperidine rings is 1. The van der Waals surface area contributed by atoms with Gasteiger partial charge in [0.05, 0.1) is 14.2 Å². The molecule has 0 unspecified atom stereocenters. The van der Waals surface area contributed by atoms with E-state index in [2.05, 4.69) is 15.5 Å². The maximum absolute atomic E-state index is 13.4. The number of amides is 2. The van der Waals surface area contributed by atoms with E-state index in [1.165, 1.54) is 6.07 Å². The minimum Gasteiger partial charge on any atom is -0.493 e. The van der Waals surface area contributed by atoms with Crippen LogP contribution >= 0.6 is 0 Å². The van der Waals surface area contributed by atoms with Crippen molar-refractivity contribution >= 4 is 6.03 Å². The molecule has 2 aromatic rings. The minimum atomic E-state index is -0.833. The fraction of sp³-hybridized carbons (Fsp3) is 0.409. The number of rotatable bonds is 7. The first kappa shape index (κ1) is 21.8. The van der Waals surface area contributed by atoms with E-state index in [0.29, 0.717) is 24.6 Å². The maximum Gasteiger partial charge on any atom is 0.315 e. The summed E-state index contributed by atoms with van der Waals surface area (Å²) in [5.74, 6) is -0.401. The zero-order valence-electron chi connectivity index (χ0n) is 17.2. The van der Waals surface area contributed by atoms with Crippen molar-refractivity contribution in [2.75, 3.05) is 27.3 Å². The normalized spacial score (nSPS) is 14.9. The minimum absolute atomic E-state index is 0.0802. The van der Waals surface area contributed by atoms with Crippen LogP contribution in [0.3, 0.4) is 0 Å². The summed E-state index contributed by atoms with van der Waals surface area (Å²) in [7, 11) is 3.15. The Morgan fingerprint density at radius 3 is 2.37 bits per heavy atom. The SMILES string of the molecule is COc1ccc(CNC(=O)NC2CCN(Cc3ccc(F)c(F)c3)CC2)cc1OC. The van der Waals surface area contributed by atoms with E-state index in [0.717, 1.165) is 43.1 Å². The van der Waals surface area contributed by atoms with E-state index in [1.807, 2.05) is 12.1 Å². The van der Waals surface area contributed by atoms with Crippen molar-refractivity contribution in [1.29, 1.82) is 0 Å². The van der Waals surface area contributed by atoms with E-state index in [4.69, 9.17) is 9.47 Å². The second-order valence-electron chi connectivity index (χ2n) is 7.32. The Kier molecular flexibility index (Phi) is 7.46. The average molecular weight is 419 g/mol. The van der Waals surface area contributed by atoms with Crippen LogP contribution in [-0.4, -0.2) is 44.3 Å². The number of likely N-dealkylation sites (tertiary alicyclic amines) is 1. The summed E-state index contributed by atoms with van der Waals surface area (Å²) in [5.41, 5.74) is 1.65. The van der Waals surface area contributed by atoms with Gasteiger partial charge in [-0.2, -0.15) is 0 Å². The second kappa shape index (κ2) is 10.2. The van der Waals surface area contributed by atoms with E-state index in [-0.39, 0.29) is 12.1 Å². The number of benzene rings is 2. The Morgan fingerprint density at radius 2 is 1.70 bits per heavy atom. The molecule has 1 heterocycles. The number of hydrogen-bond acceptors (Lipinski definition) is 4. The smallest absolute Gasteiger partial charge is 0.315 e. The standard InChI is InChI=1S/C22H27F2N3O3/c1-29-20-6-4-15(12-21(20)30-2)13-25-22(28)26-17-7-9-27(10-8-17)14-16-3-5-18(23)19(24)11-16/h3-6,11-12,17H,7-10,13-14H2,1-2H3,(H2,25,26,28). The van der Waals surface area contributed by atoms with Gasteiger partial charge in [0, 0.05) is 32.2 Å². The van der Waals surface area contributed by atoms with Crippen LogP contribution in [0.1, 0.15) is 24.0 Å². The van der Waals surface area contributed by atoms with Gasteiger partial charge >= 0.3 is 6.03 Å². The maximum atomic E-state index is 13.4. The van der Waals surface area contributed by atoms with Gasteiger partial charge in [-0.25, -0.2) is 13.6 Å². The van der Waals surface area contributed by atoms with Crippen molar-refractivity contribution < 1.29 is 23.0 Å². The molecule has 1 aliphatic heterocycles. The van der Waals surface area contributed by atoms with Crippen molar-refractivity contribution in [3.05, 3.63) is 59.2 Å². The molecule has 1 fully saturated rings. The lowest BCUT2D eigenvalue weighted by Gasteiger charge is -2.32. The molecule has 0 spiro atoms. The predicted molar refractivity (Wildman–Crippen MR) is 110 cm³/mol. The number of hydrogen-bond donors (Lipinski definition) is 2. The van der Waals surface area contributed by atoms with Crippen LogP contribution in [0, 0.1) is 11.6 Å². The van der Waals surface area contributed by atoms with Crippen molar-refractivity contribution in [2.24, 2.45) is 0 Å². The van der Waals surface area contributed by atoms with Gasteiger partial charge in [0.15, 0.2) is 23.1 Å². The Labute approximate surface area is 175 Å². The van der Waals surface area contributed by atoms with Gasteiger partial charge in [0.1, 0.15) is 0 Å². The van der Waals surface area contributed by atoms with Crippen LogP contribution in [0.2, 0.25) is 0 Å². The number of carbonyl (C=O) groups is 1. The lowest BCUT2D eigenvalue weighted by molar-refractivity contribution is 0.186. The Bertz CT molecular complexity index is 871. The van der Waals surface area contributed by atoms with Gasteiger partial charge in [-0.1, -0.05) is 12.1 Å². The van der Waals surface area contributed by atoms with E-state index < -0.39 is 11.6 Å². The van der Waals surface area contributed by atoms with Crippen LogP contribution < -0.4 is 20.1 Å². The molecule has 0 radical (unpaired) electrons. The molecule has 2 amide bonds. The third-order valence-corrected chi connectivity index (χ3v) is 5.21. The number of nitrogens with zero attached hydrogens (tertiary/aromatic N) is 1. The molecule has 8 heteroatoms. The molecule has 3 rings (SSSR count). The van der Waals surface area contributed by atoms with Crippen LogP contribution in [0.25, 0.3) is 0 Å². The van der Waals surface area contributed by atoms with Gasteiger partial charge in [0.25, 0.3) is 0 Å². The largest absolute Gasteiger partial charge is 0.493 e. The van der Waals surface area contributed by atoms with E-state index in [9.17, 15) is 13.6 Å². The lowest BCUT2D eigenvalue weighted by atomic mass is 10.0. The number of halogens is 2. The van der Waals surface area contributed by atoms with Crippen LogP contribution in [-0.2, 0) is 13.1 Å². The van der Waals surface area contributed by atoms with Crippen molar-refractivity contribution in [3.8, 4) is 11.5 Å². The molecule has 2 N–H and O–H groups in total. The highest BCUT2D eigenvalue weighted by molar-refractivity contribution is 5.74. The number of ether oxygens (including phenoxy) is 2. The zero-order valence-corrected chi connectivity index (χ0v) is 17.2. The van der Waals surface area contributed by atoms with Crippen LogP contribution in [0.15, 0.2) is 36.4 Å². The molecule has 162 valence electrons. The molecular formula is C22H27F2N3O3. The first-order valence-corrected chi connectivity index (χ1v) is 9.90. The summed E-state index contributed by atoms with van der Waals surface area (Å²) in [5, 5.41) is 5.86. The Balaban J connectivity index is 1.41. The molecule has 0 atom stereocenters. The first-order chi connectivity index (χ1) is 14.5. The summed E-state index contributed by atoms with van der Waals surface area (Å²) in [6.45, 7) is 2.50. The van der Waals surface area contributed by atoms with Crippen molar-refractivity contribution in [1.82, 2.24) is 15.5 Å². The highest BCUT2D eigenvalue weighted by Gasteiger charge is 2.21. The highest BCUT2D eigenvalue weighted by Crippen LogP contribution is 2.27. The van der Waals surface area contributed by atoms with Crippen molar-refractivity contribution in [2.45, 2.75) is 32.0 Å². The fourth-order valence-electron chi connectivity index (χ4n) is 3.54. The lowest BCUT2D eigenvalue weighted by Crippen LogP contribution is -2.47. The molecule has 2 aromatic carbocycles. The molecule has 0 bridgehead atoms. The molecule has 1 aliphatic rings. The zero-order chi connectivity index (χ0) is 21.5. The average Bonchev–Trinajstić information content (AvgIpc) is 2.76. The van der Waals surface area contributed by atoms with Gasteiger partial charge in [-0.3, -0.25) is 4.90 Å². The monoisotopic (exact) mass is 419 g/mol. The summed E-state index contributed by atoms with van der Waals surface area (Å²) in [6.07, 6.45) is 1.60. The highest BCUT2D eigenvalue weighted by atomic mass is 19.2. The Morgan fingerprint density at radius 1 is 1.00 bits per heavy atom. The Hall–Kier alpha value is -2.87. The molecule has 0 aliphatic carbocycles. The summed E-state index contributed by atoms with van der Waals surface area (Å²) < 4.78 is 36.9. The third kappa shape index (κ3) is 5.82. The molecule has 6 nitrogen and oxygen atoms in total. The fourth-order valence-corrected chi connectivity index (χ4v) is 3.54. The molecule has 0 saturated carbocycles. The summed E-state index contributed by atoms with van der Waals surface area (Å²) in [4.78, 5) is 14.4. The number of urea groups is 1. The van der Waals surface area contributed by atoms with Gasteiger partial charge in [-0.15, -0.1) is 0 Å². The van der Waals surface area contributed by atoms with E-state index >= 15 is 0 Å². The quantitative estimate of drug-likeness (QED) is 0.722. The second-order valence-corrected chi connectivity index (χ2v) is 7.32. The van der Waals surface area contributed by atoms with Gasteiger partial charge < -0.3 is 20.1 Å². The van der Waals surface area contributed by atoms with Gasteiger partial charge in [-0.05, 0) is 48.2 Å². The van der Waals surface area contributed by atoms with Crippen LogP contribution in [0.4, 0.5) is 13.6 Å². The first-order valence-electron chi connectivity index (χ1n) is 9.90. The number of nitrogens with one attached hydrogen (secondary N) is 2. The van der Waals surface area contributed by atoms with E-state index in [1.54, 1.807) is 26.4 Å². The topological polar surface area (TPSA) is 62.8 Å². The number of carbonyl (C=O) groups excluding carboxylic acids is 1. The van der Waals surface area contributed by atoms with Crippen molar-refractivity contribution in [3.63, 3.8) is 0 Å². The predicted octanol–water partition coefficient (Wildman–Crippen LogP) is 3.45. The molecule has 1 saturated heterocycles. The number of methoxy groups -OCH3 is 2. The molecule has 30 heavy (non-hydrogen) atoms.